The topological polar surface area (TPSA) is 47.6 Å². The molecule has 0 radical (unpaired) electrons. The molecule has 200 valence electrons. The molecule has 1 heterocycles. The molecule has 0 spiro atoms. The van der Waals surface area contributed by atoms with E-state index in [1.807, 2.05) is 6.92 Å². The maximum absolute atomic E-state index is 11.2. The lowest BCUT2D eigenvalue weighted by molar-refractivity contribution is -0.120. The third kappa shape index (κ3) is 21.3. The van der Waals surface area contributed by atoms with E-state index in [4.69, 9.17) is 9.47 Å². The summed E-state index contributed by atoms with van der Waals surface area (Å²) in [6, 6.07) is 0. The van der Waals surface area contributed by atoms with Gasteiger partial charge < -0.3 is 14.8 Å². The Bertz CT molecular complexity index is 781. The monoisotopic (exact) mass is 495 g/mol. The molecule has 4 heteroatoms. The van der Waals surface area contributed by atoms with Crippen LogP contribution in [0.4, 0.5) is 0 Å². The quantitative estimate of drug-likeness (QED) is 0.206. The maximum atomic E-state index is 11.2. The Kier molecular flexibility index (Phi) is 23.9. The number of hydrogen-bond acceptors (Lipinski definition) is 3. The van der Waals surface area contributed by atoms with Gasteiger partial charge in [-0.2, -0.15) is 0 Å². The fourth-order valence-corrected chi connectivity index (χ4v) is 2.90. The molecule has 1 aliphatic rings. The second-order valence-corrected chi connectivity index (χ2v) is 7.74. The molecule has 0 saturated heterocycles. The van der Waals surface area contributed by atoms with Crippen LogP contribution in [0.3, 0.4) is 0 Å². The fourth-order valence-electron chi connectivity index (χ4n) is 2.90. The lowest BCUT2D eigenvalue weighted by Gasteiger charge is -2.17. The molecular formula is C32H49NO3. The summed E-state index contributed by atoms with van der Waals surface area (Å²) in [7, 11) is 0. The first kappa shape index (κ1) is 32.7. The summed E-state index contributed by atoms with van der Waals surface area (Å²) in [5.41, 5.74) is 0. The number of amides is 1. The molecule has 1 aliphatic heterocycles. The summed E-state index contributed by atoms with van der Waals surface area (Å²) in [5, 5.41) is 2.80. The summed E-state index contributed by atoms with van der Waals surface area (Å²) in [6.45, 7) is 13.1. The zero-order chi connectivity index (χ0) is 26.5. The SMILES string of the molecule is C=CC1=C(C=C)OCCO1.CC/C=C\C/C=C\C/C=C\C/C=C\C/C=C\C/C=C\CCC(=O)NCC.[HH]. The predicted molar refractivity (Wildman–Crippen MR) is 158 cm³/mol. The molecular weight excluding hydrogens is 446 g/mol. The molecule has 0 aromatic carbocycles. The molecule has 0 atom stereocenters. The minimum Gasteiger partial charge on any atom is -0.486 e. The molecule has 0 aromatic heterocycles. The van der Waals surface area contributed by atoms with E-state index in [0.29, 0.717) is 37.7 Å². The summed E-state index contributed by atoms with van der Waals surface area (Å²) < 4.78 is 10.4. The first-order valence-corrected chi connectivity index (χ1v) is 13.1. The summed E-state index contributed by atoms with van der Waals surface area (Å²) in [6.07, 6.45) is 36.9. The summed E-state index contributed by atoms with van der Waals surface area (Å²) in [5.74, 6) is 1.49. The third-order valence-corrected chi connectivity index (χ3v) is 4.72. The minimum absolute atomic E-state index is 0. The molecule has 36 heavy (non-hydrogen) atoms. The Morgan fingerprint density at radius 3 is 1.47 bits per heavy atom. The highest BCUT2D eigenvalue weighted by molar-refractivity contribution is 5.75. The van der Waals surface area contributed by atoms with Gasteiger partial charge in [-0.25, -0.2) is 0 Å². The largest absolute Gasteiger partial charge is 0.486 e. The first-order valence-electron chi connectivity index (χ1n) is 13.1. The van der Waals surface area contributed by atoms with Crippen molar-refractivity contribution >= 4 is 5.91 Å². The fraction of sp³-hybridized carbons (Fsp3) is 0.406. The van der Waals surface area contributed by atoms with E-state index in [1.54, 1.807) is 12.2 Å². The smallest absolute Gasteiger partial charge is 0.220 e. The average molecular weight is 496 g/mol. The Balaban J connectivity index is 0. The molecule has 0 saturated carbocycles. The van der Waals surface area contributed by atoms with Gasteiger partial charge >= 0.3 is 0 Å². The third-order valence-electron chi connectivity index (χ3n) is 4.72. The van der Waals surface area contributed by atoms with Crippen molar-refractivity contribution in [2.24, 2.45) is 0 Å². The Morgan fingerprint density at radius 2 is 1.11 bits per heavy atom. The number of carbonyl (C=O) groups is 1. The molecule has 1 N–H and O–H groups in total. The number of nitrogens with one attached hydrogen (secondary N) is 1. The second kappa shape index (κ2) is 26.3. The summed E-state index contributed by atoms with van der Waals surface area (Å²) in [4.78, 5) is 11.2. The molecule has 4 nitrogen and oxygen atoms in total. The molecule has 0 aromatic rings. The van der Waals surface area contributed by atoms with Gasteiger partial charge in [0.05, 0.1) is 0 Å². The van der Waals surface area contributed by atoms with Crippen LogP contribution in [0.5, 0.6) is 0 Å². The number of carbonyl (C=O) groups excluding carboxylic acids is 1. The van der Waals surface area contributed by atoms with Gasteiger partial charge in [0.1, 0.15) is 13.2 Å². The lowest BCUT2D eigenvalue weighted by Crippen LogP contribution is -2.21. The van der Waals surface area contributed by atoms with Crippen LogP contribution in [-0.4, -0.2) is 25.7 Å². The van der Waals surface area contributed by atoms with Gasteiger partial charge in [0.2, 0.25) is 5.91 Å². The zero-order valence-electron chi connectivity index (χ0n) is 22.5. The Hall–Kier alpha value is -3.27. The zero-order valence-corrected chi connectivity index (χ0v) is 22.5. The van der Waals surface area contributed by atoms with Crippen molar-refractivity contribution in [3.05, 3.63) is 110 Å². The van der Waals surface area contributed by atoms with Gasteiger partial charge in [-0.1, -0.05) is 93.0 Å². The van der Waals surface area contributed by atoms with Crippen LogP contribution in [0.15, 0.2) is 110 Å². The molecule has 0 fully saturated rings. The first-order chi connectivity index (χ1) is 17.7. The van der Waals surface area contributed by atoms with E-state index in [0.717, 1.165) is 44.9 Å². The van der Waals surface area contributed by atoms with Crippen LogP contribution < -0.4 is 5.32 Å². The standard InChI is InChI=1S/C24H37NO.C8H10O2.H2/c1-3-5-6-7-8-9-10-11-12-13-14-15-16-17-18-19-20-21-22-23-24(26)25-4-2;1-3-7-8(4-2)10-6-5-9-7;/h5-6,8-9,11-12,14-15,17-18,20-21H,3-4,7,10,13,16,19,22-23H2,1-2H3,(H,25,26);3-4H,1-2,5-6H2;1H/b6-5-,9-8-,12-11-,15-14-,18-17-,21-20-;;. The minimum atomic E-state index is 0. The van der Waals surface area contributed by atoms with Crippen LogP contribution in [-0.2, 0) is 14.3 Å². The number of rotatable bonds is 17. The van der Waals surface area contributed by atoms with Crippen molar-refractivity contribution in [1.29, 1.82) is 0 Å². The summed E-state index contributed by atoms with van der Waals surface area (Å²) >= 11 is 0. The van der Waals surface area contributed by atoms with Crippen molar-refractivity contribution in [1.82, 2.24) is 5.32 Å². The van der Waals surface area contributed by atoms with Crippen LogP contribution in [0.25, 0.3) is 0 Å². The van der Waals surface area contributed by atoms with Crippen molar-refractivity contribution in [2.75, 3.05) is 19.8 Å². The Morgan fingerprint density at radius 1 is 0.722 bits per heavy atom. The van der Waals surface area contributed by atoms with Gasteiger partial charge in [-0.3, -0.25) is 4.79 Å². The maximum Gasteiger partial charge on any atom is 0.220 e. The highest BCUT2D eigenvalue weighted by Gasteiger charge is 2.08. The van der Waals surface area contributed by atoms with Crippen LogP contribution >= 0.6 is 0 Å². The van der Waals surface area contributed by atoms with E-state index in [9.17, 15) is 4.79 Å². The normalized spacial score (nSPS) is 14.1. The van der Waals surface area contributed by atoms with Crippen molar-refractivity contribution in [3.8, 4) is 0 Å². The molecule has 1 amide bonds. The highest BCUT2D eigenvalue weighted by atomic mass is 16.6. The second-order valence-electron chi connectivity index (χ2n) is 7.74. The molecule has 0 unspecified atom stereocenters. The van der Waals surface area contributed by atoms with E-state index in [-0.39, 0.29) is 7.33 Å². The van der Waals surface area contributed by atoms with Gasteiger partial charge in [-0.15, -0.1) is 0 Å². The van der Waals surface area contributed by atoms with Crippen molar-refractivity contribution in [3.63, 3.8) is 0 Å². The van der Waals surface area contributed by atoms with Gasteiger partial charge in [0, 0.05) is 14.4 Å². The molecule has 0 bridgehead atoms. The van der Waals surface area contributed by atoms with Crippen molar-refractivity contribution in [2.45, 2.75) is 65.2 Å². The van der Waals surface area contributed by atoms with Crippen molar-refractivity contribution < 1.29 is 15.7 Å². The van der Waals surface area contributed by atoms with Crippen LogP contribution in [0.1, 0.15) is 66.6 Å². The number of allylic oxidation sites excluding steroid dienone is 14. The molecule has 1 rings (SSSR count). The predicted octanol–water partition coefficient (Wildman–Crippen LogP) is 8.46. The Labute approximate surface area is 221 Å². The average Bonchev–Trinajstić information content (AvgIpc) is 2.90. The number of hydrogen-bond donors (Lipinski definition) is 1. The highest BCUT2D eigenvalue weighted by Crippen LogP contribution is 2.14. The van der Waals surface area contributed by atoms with E-state index in [2.05, 4.69) is 98.3 Å². The van der Waals surface area contributed by atoms with Crippen LogP contribution in [0.2, 0.25) is 0 Å². The lowest BCUT2D eigenvalue weighted by atomic mass is 10.2. The van der Waals surface area contributed by atoms with Gasteiger partial charge in [-0.05, 0) is 64.0 Å². The molecule has 0 aliphatic carbocycles. The number of ether oxygens (including phenoxy) is 2. The van der Waals surface area contributed by atoms with E-state index < -0.39 is 0 Å². The van der Waals surface area contributed by atoms with E-state index >= 15 is 0 Å². The van der Waals surface area contributed by atoms with Gasteiger partial charge in [0.25, 0.3) is 0 Å². The van der Waals surface area contributed by atoms with Gasteiger partial charge in [0.15, 0.2) is 11.5 Å². The van der Waals surface area contributed by atoms with E-state index in [1.165, 1.54) is 0 Å². The van der Waals surface area contributed by atoms with Crippen LogP contribution in [0, 0.1) is 0 Å².